The Balaban J connectivity index is 1.97. The summed E-state index contributed by atoms with van der Waals surface area (Å²) in [5, 5.41) is 3.63. The van der Waals surface area contributed by atoms with Crippen LogP contribution in [0.5, 0.6) is 0 Å². The Labute approximate surface area is 120 Å². The van der Waals surface area contributed by atoms with Crippen LogP contribution in [0.2, 0.25) is 0 Å². The van der Waals surface area contributed by atoms with E-state index in [9.17, 15) is 4.39 Å². The molecule has 1 N–H and O–H groups in total. The van der Waals surface area contributed by atoms with Gasteiger partial charge in [0, 0.05) is 12.1 Å². The van der Waals surface area contributed by atoms with Crippen LogP contribution in [0.4, 0.5) is 4.39 Å². The number of rotatable bonds is 6. The van der Waals surface area contributed by atoms with E-state index in [1.54, 1.807) is 0 Å². The Morgan fingerprint density at radius 3 is 2.25 bits per heavy atom. The van der Waals surface area contributed by atoms with E-state index in [4.69, 9.17) is 0 Å². The highest BCUT2D eigenvalue weighted by Gasteiger charge is 2.12. The minimum atomic E-state index is -0.183. The second-order valence-electron chi connectivity index (χ2n) is 5.23. The van der Waals surface area contributed by atoms with Crippen molar-refractivity contribution in [2.24, 2.45) is 0 Å². The monoisotopic (exact) mass is 271 g/mol. The van der Waals surface area contributed by atoms with Gasteiger partial charge in [-0.15, -0.1) is 0 Å². The van der Waals surface area contributed by atoms with E-state index < -0.39 is 0 Å². The standard InChI is InChI=1S/C18H22FN/c1-3-18(13-15-7-5-4-6-8-15)20-14(2)16-9-11-17(19)12-10-16/h4-12,14,18,20H,3,13H2,1-2H3/t14-,18?/m0/s1. The molecule has 0 fully saturated rings. The molecule has 0 aliphatic heterocycles. The highest BCUT2D eigenvalue weighted by Crippen LogP contribution is 2.16. The molecule has 2 aromatic rings. The van der Waals surface area contributed by atoms with E-state index in [-0.39, 0.29) is 11.9 Å². The summed E-state index contributed by atoms with van der Waals surface area (Å²) in [5.74, 6) is -0.183. The van der Waals surface area contributed by atoms with E-state index in [2.05, 4.69) is 43.4 Å². The van der Waals surface area contributed by atoms with Crippen LogP contribution in [-0.2, 0) is 6.42 Å². The van der Waals surface area contributed by atoms with Gasteiger partial charge in [-0.25, -0.2) is 4.39 Å². The molecule has 0 amide bonds. The van der Waals surface area contributed by atoms with Crippen LogP contribution in [0.25, 0.3) is 0 Å². The van der Waals surface area contributed by atoms with E-state index in [1.807, 2.05) is 18.2 Å². The fourth-order valence-electron chi connectivity index (χ4n) is 2.42. The van der Waals surface area contributed by atoms with Crippen LogP contribution in [0, 0.1) is 5.82 Å². The van der Waals surface area contributed by atoms with Crippen molar-refractivity contribution in [3.63, 3.8) is 0 Å². The van der Waals surface area contributed by atoms with Gasteiger partial charge in [0.05, 0.1) is 0 Å². The van der Waals surface area contributed by atoms with Crippen molar-refractivity contribution in [1.82, 2.24) is 5.32 Å². The number of benzene rings is 2. The summed E-state index contributed by atoms with van der Waals surface area (Å²) in [6.45, 7) is 4.32. The van der Waals surface area contributed by atoms with Crippen molar-refractivity contribution < 1.29 is 4.39 Å². The molecule has 106 valence electrons. The number of halogens is 1. The molecule has 1 nitrogen and oxygen atoms in total. The van der Waals surface area contributed by atoms with Crippen molar-refractivity contribution in [1.29, 1.82) is 0 Å². The molecule has 2 atom stereocenters. The Hall–Kier alpha value is -1.67. The first-order valence-electron chi connectivity index (χ1n) is 7.24. The van der Waals surface area contributed by atoms with Crippen molar-refractivity contribution in [2.45, 2.75) is 38.8 Å². The molecule has 0 radical (unpaired) electrons. The van der Waals surface area contributed by atoms with Crippen LogP contribution in [0.1, 0.15) is 37.4 Å². The third-order valence-corrected chi connectivity index (χ3v) is 3.67. The zero-order chi connectivity index (χ0) is 14.4. The number of hydrogen-bond donors (Lipinski definition) is 1. The predicted octanol–water partition coefficient (Wildman–Crippen LogP) is 4.50. The highest BCUT2D eigenvalue weighted by molar-refractivity contribution is 5.20. The summed E-state index contributed by atoms with van der Waals surface area (Å²) >= 11 is 0. The average molecular weight is 271 g/mol. The van der Waals surface area contributed by atoms with Gasteiger partial charge < -0.3 is 5.32 Å². The third kappa shape index (κ3) is 4.17. The normalized spacial score (nSPS) is 13.9. The molecule has 0 aromatic heterocycles. The number of nitrogens with one attached hydrogen (secondary N) is 1. The molecular formula is C18H22FN. The van der Waals surface area contributed by atoms with Crippen molar-refractivity contribution in [2.75, 3.05) is 0 Å². The van der Waals surface area contributed by atoms with Gasteiger partial charge in [-0.2, -0.15) is 0 Å². The van der Waals surface area contributed by atoms with Gasteiger partial charge in [0.15, 0.2) is 0 Å². The molecule has 0 heterocycles. The van der Waals surface area contributed by atoms with E-state index >= 15 is 0 Å². The first kappa shape index (κ1) is 14.7. The maximum Gasteiger partial charge on any atom is 0.123 e. The lowest BCUT2D eigenvalue weighted by Gasteiger charge is -2.23. The zero-order valence-corrected chi connectivity index (χ0v) is 12.1. The van der Waals surface area contributed by atoms with Gasteiger partial charge in [-0.3, -0.25) is 0 Å². The van der Waals surface area contributed by atoms with Crippen LogP contribution < -0.4 is 5.32 Å². The van der Waals surface area contributed by atoms with Crippen molar-refractivity contribution in [3.05, 3.63) is 71.5 Å². The molecule has 0 saturated carbocycles. The largest absolute Gasteiger partial charge is 0.307 e. The van der Waals surface area contributed by atoms with Crippen molar-refractivity contribution in [3.8, 4) is 0 Å². The summed E-state index contributed by atoms with van der Waals surface area (Å²) in [6, 6.07) is 17.9. The minimum Gasteiger partial charge on any atom is -0.307 e. The lowest BCUT2D eigenvalue weighted by molar-refractivity contribution is 0.439. The average Bonchev–Trinajstić information content (AvgIpc) is 2.48. The van der Waals surface area contributed by atoms with E-state index in [0.29, 0.717) is 6.04 Å². The van der Waals surface area contributed by atoms with Gasteiger partial charge >= 0.3 is 0 Å². The second kappa shape index (κ2) is 7.20. The Morgan fingerprint density at radius 2 is 1.65 bits per heavy atom. The molecule has 2 rings (SSSR count). The fraction of sp³-hybridized carbons (Fsp3) is 0.333. The molecule has 2 heteroatoms. The van der Waals surface area contributed by atoms with Gasteiger partial charge in [-0.1, -0.05) is 49.4 Å². The van der Waals surface area contributed by atoms with Gasteiger partial charge in [0.1, 0.15) is 5.82 Å². The SMILES string of the molecule is CCC(Cc1ccccc1)N[C@@H](C)c1ccc(F)cc1. The molecule has 0 aliphatic carbocycles. The second-order valence-corrected chi connectivity index (χ2v) is 5.23. The van der Waals surface area contributed by atoms with Gasteiger partial charge in [0.2, 0.25) is 0 Å². The molecule has 1 unspecified atom stereocenters. The van der Waals surface area contributed by atoms with E-state index in [0.717, 1.165) is 18.4 Å². The quantitative estimate of drug-likeness (QED) is 0.815. The maximum absolute atomic E-state index is 12.9. The third-order valence-electron chi connectivity index (χ3n) is 3.67. The molecular weight excluding hydrogens is 249 g/mol. The minimum absolute atomic E-state index is 0.183. The van der Waals surface area contributed by atoms with E-state index in [1.165, 1.54) is 17.7 Å². The summed E-state index contributed by atoms with van der Waals surface area (Å²) in [5.41, 5.74) is 2.47. The summed E-state index contributed by atoms with van der Waals surface area (Å²) in [6.07, 6.45) is 2.09. The summed E-state index contributed by atoms with van der Waals surface area (Å²) < 4.78 is 12.9. The number of hydrogen-bond acceptors (Lipinski definition) is 1. The van der Waals surface area contributed by atoms with Crippen LogP contribution >= 0.6 is 0 Å². The molecule has 2 aromatic carbocycles. The van der Waals surface area contributed by atoms with Crippen LogP contribution in [0.15, 0.2) is 54.6 Å². The fourth-order valence-corrected chi connectivity index (χ4v) is 2.42. The lowest BCUT2D eigenvalue weighted by Crippen LogP contribution is -2.32. The van der Waals surface area contributed by atoms with Crippen molar-refractivity contribution >= 4 is 0 Å². The first-order chi connectivity index (χ1) is 9.69. The predicted molar refractivity (Wildman–Crippen MR) is 82.2 cm³/mol. The topological polar surface area (TPSA) is 12.0 Å². The maximum atomic E-state index is 12.9. The Morgan fingerprint density at radius 1 is 1.00 bits per heavy atom. The molecule has 0 aliphatic rings. The van der Waals surface area contributed by atoms with Crippen LogP contribution in [0.3, 0.4) is 0 Å². The molecule has 0 saturated heterocycles. The van der Waals surface area contributed by atoms with Gasteiger partial charge in [-0.05, 0) is 43.0 Å². The highest BCUT2D eigenvalue weighted by atomic mass is 19.1. The van der Waals surface area contributed by atoms with Gasteiger partial charge in [0.25, 0.3) is 0 Å². The first-order valence-corrected chi connectivity index (χ1v) is 7.24. The smallest absolute Gasteiger partial charge is 0.123 e. The Bertz CT molecular complexity index is 507. The zero-order valence-electron chi connectivity index (χ0n) is 12.1. The van der Waals surface area contributed by atoms with Crippen LogP contribution in [-0.4, -0.2) is 6.04 Å². The molecule has 0 spiro atoms. The Kier molecular flexibility index (Phi) is 5.31. The lowest BCUT2D eigenvalue weighted by atomic mass is 10.0. The summed E-state index contributed by atoms with van der Waals surface area (Å²) in [4.78, 5) is 0. The molecule has 0 bridgehead atoms. The molecule has 20 heavy (non-hydrogen) atoms. The summed E-state index contributed by atoms with van der Waals surface area (Å²) in [7, 11) is 0.